The maximum Gasteiger partial charge on any atom is 0.222 e. The second-order valence-corrected chi connectivity index (χ2v) is 5.11. The van der Waals surface area contributed by atoms with Crippen molar-refractivity contribution in [1.82, 2.24) is 9.97 Å². The molecule has 0 aliphatic carbocycles. The average molecular weight is 271 g/mol. The molecule has 4 nitrogen and oxygen atoms in total. The van der Waals surface area contributed by atoms with E-state index in [0.717, 1.165) is 23.4 Å². The Balaban J connectivity index is 2.27. The van der Waals surface area contributed by atoms with Crippen LogP contribution in [-0.2, 0) is 0 Å². The predicted octanol–water partition coefficient (Wildman–Crippen LogP) is 1.91. The van der Waals surface area contributed by atoms with E-state index in [4.69, 9.17) is 5.73 Å². The van der Waals surface area contributed by atoms with Crippen molar-refractivity contribution in [2.45, 2.75) is 13.8 Å². The number of hydrogen-bond donors (Lipinski definition) is 1. The van der Waals surface area contributed by atoms with Crippen LogP contribution in [0.15, 0.2) is 10.7 Å². The molecule has 2 rings (SSSR count). The fraction of sp³-hybridized carbons (Fsp3) is 0.600. The summed E-state index contributed by atoms with van der Waals surface area (Å²) in [6, 6.07) is 0. The minimum absolute atomic E-state index is 0.334. The summed E-state index contributed by atoms with van der Waals surface area (Å²) in [6.45, 7) is 6.61. The maximum atomic E-state index is 5.59. The van der Waals surface area contributed by atoms with Crippen molar-refractivity contribution in [2.24, 2.45) is 11.8 Å². The SMILES string of the molecule is CC1CN(c2nc(N)ncc2Br)CC1C. The molecular weight excluding hydrogens is 256 g/mol. The highest BCUT2D eigenvalue weighted by molar-refractivity contribution is 9.10. The van der Waals surface area contributed by atoms with Gasteiger partial charge in [-0.1, -0.05) is 13.8 Å². The van der Waals surface area contributed by atoms with Crippen molar-refractivity contribution in [3.05, 3.63) is 10.7 Å². The van der Waals surface area contributed by atoms with Crippen molar-refractivity contribution >= 4 is 27.7 Å². The third-order valence-corrected chi connectivity index (χ3v) is 3.59. The second-order valence-electron chi connectivity index (χ2n) is 4.26. The highest BCUT2D eigenvalue weighted by Crippen LogP contribution is 2.31. The fourth-order valence-corrected chi connectivity index (χ4v) is 2.34. The van der Waals surface area contributed by atoms with E-state index < -0.39 is 0 Å². The Morgan fingerprint density at radius 3 is 2.60 bits per heavy atom. The molecule has 0 amide bonds. The van der Waals surface area contributed by atoms with Gasteiger partial charge in [0.1, 0.15) is 5.82 Å². The molecule has 1 fully saturated rings. The first-order chi connectivity index (χ1) is 7.08. The molecule has 2 heterocycles. The normalized spacial score (nSPS) is 25.9. The molecule has 1 aliphatic heterocycles. The van der Waals surface area contributed by atoms with E-state index in [2.05, 4.69) is 44.6 Å². The van der Waals surface area contributed by atoms with E-state index in [1.54, 1.807) is 6.20 Å². The van der Waals surface area contributed by atoms with Gasteiger partial charge in [-0.25, -0.2) is 4.98 Å². The number of nitrogen functional groups attached to an aromatic ring is 1. The summed E-state index contributed by atoms with van der Waals surface area (Å²) in [7, 11) is 0. The number of hydrogen-bond acceptors (Lipinski definition) is 4. The number of anilines is 2. The summed E-state index contributed by atoms with van der Waals surface area (Å²) in [5.41, 5.74) is 5.59. The number of nitrogens with two attached hydrogens (primary N) is 1. The first-order valence-corrected chi connectivity index (χ1v) is 5.90. The van der Waals surface area contributed by atoms with Gasteiger partial charge in [-0.2, -0.15) is 4.98 Å². The van der Waals surface area contributed by atoms with Crippen molar-refractivity contribution in [3.63, 3.8) is 0 Å². The molecule has 15 heavy (non-hydrogen) atoms. The summed E-state index contributed by atoms with van der Waals surface area (Å²) < 4.78 is 0.915. The van der Waals surface area contributed by atoms with Gasteiger partial charge in [0.05, 0.1) is 4.47 Å². The highest BCUT2D eigenvalue weighted by atomic mass is 79.9. The third-order valence-electron chi connectivity index (χ3n) is 3.03. The molecule has 0 radical (unpaired) electrons. The highest BCUT2D eigenvalue weighted by Gasteiger charge is 2.28. The third kappa shape index (κ3) is 2.07. The van der Waals surface area contributed by atoms with Gasteiger partial charge in [-0.05, 0) is 27.8 Å². The van der Waals surface area contributed by atoms with Gasteiger partial charge in [0, 0.05) is 19.3 Å². The van der Waals surface area contributed by atoms with Crippen LogP contribution in [0, 0.1) is 11.8 Å². The van der Waals surface area contributed by atoms with E-state index in [9.17, 15) is 0 Å². The summed E-state index contributed by atoms with van der Waals surface area (Å²) in [4.78, 5) is 10.5. The van der Waals surface area contributed by atoms with E-state index in [1.165, 1.54) is 0 Å². The zero-order valence-electron chi connectivity index (χ0n) is 8.94. The molecule has 0 bridgehead atoms. The quantitative estimate of drug-likeness (QED) is 0.847. The Morgan fingerprint density at radius 2 is 2.00 bits per heavy atom. The molecule has 82 valence electrons. The van der Waals surface area contributed by atoms with E-state index in [1.807, 2.05) is 0 Å². The molecule has 1 aromatic rings. The monoisotopic (exact) mass is 270 g/mol. The van der Waals surface area contributed by atoms with Gasteiger partial charge in [0.25, 0.3) is 0 Å². The molecule has 0 aromatic carbocycles. The summed E-state index contributed by atoms with van der Waals surface area (Å²) in [6.07, 6.45) is 1.71. The van der Waals surface area contributed by atoms with Gasteiger partial charge >= 0.3 is 0 Å². The van der Waals surface area contributed by atoms with Gasteiger partial charge in [0.15, 0.2) is 0 Å². The minimum atomic E-state index is 0.334. The minimum Gasteiger partial charge on any atom is -0.368 e. The van der Waals surface area contributed by atoms with E-state index in [0.29, 0.717) is 17.8 Å². The standard InChI is InChI=1S/C10H15BrN4/c1-6-4-15(5-7(6)2)9-8(11)3-13-10(12)14-9/h3,6-7H,4-5H2,1-2H3,(H2,12,13,14). The van der Waals surface area contributed by atoms with Crippen LogP contribution in [0.3, 0.4) is 0 Å². The van der Waals surface area contributed by atoms with Crippen LogP contribution >= 0.6 is 15.9 Å². The largest absolute Gasteiger partial charge is 0.368 e. The lowest BCUT2D eigenvalue weighted by atomic mass is 10.0. The zero-order chi connectivity index (χ0) is 11.0. The summed E-state index contributed by atoms with van der Waals surface area (Å²) in [5, 5.41) is 0. The second kappa shape index (κ2) is 3.96. The summed E-state index contributed by atoms with van der Waals surface area (Å²) in [5.74, 6) is 2.65. The van der Waals surface area contributed by atoms with E-state index in [-0.39, 0.29) is 0 Å². The molecule has 0 spiro atoms. The molecule has 2 N–H and O–H groups in total. The Bertz CT molecular complexity index is 358. The van der Waals surface area contributed by atoms with Gasteiger partial charge in [-0.15, -0.1) is 0 Å². The molecule has 0 saturated carbocycles. The van der Waals surface area contributed by atoms with Crippen LogP contribution in [0.5, 0.6) is 0 Å². The van der Waals surface area contributed by atoms with Crippen LogP contribution in [0.4, 0.5) is 11.8 Å². The lowest BCUT2D eigenvalue weighted by Crippen LogP contribution is -2.21. The maximum absolute atomic E-state index is 5.59. The van der Waals surface area contributed by atoms with Crippen LogP contribution in [-0.4, -0.2) is 23.1 Å². The Hall–Kier alpha value is -0.840. The molecular formula is C10H15BrN4. The summed E-state index contributed by atoms with van der Waals surface area (Å²) >= 11 is 3.46. The zero-order valence-corrected chi connectivity index (χ0v) is 10.5. The molecule has 5 heteroatoms. The Kier molecular flexibility index (Phi) is 2.82. The van der Waals surface area contributed by atoms with Crippen molar-refractivity contribution < 1.29 is 0 Å². The smallest absolute Gasteiger partial charge is 0.222 e. The van der Waals surface area contributed by atoms with E-state index >= 15 is 0 Å². The number of nitrogens with zero attached hydrogens (tertiary/aromatic N) is 3. The predicted molar refractivity (Wildman–Crippen MR) is 64.7 cm³/mol. The van der Waals surface area contributed by atoms with Crippen LogP contribution in [0.2, 0.25) is 0 Å². The molecule has 1 aliphatic rings. The number of rotatable bonds is 1. The average Bonchev–Trinajstić information content (AvgIpc) is 2.51. The van der Waals surface area contributed by atoms with Gasteiger partial charge in [0.2, 0.25) is 5.95 Å². The van der Waals surface area contributed by atoms with Crippen LogP contribution < -0.4 is 10.6 Å². The van der Waals surface area contributed by atoms with Gasteiger partial charge in [-0.3, -0.25) is 0 Å². The Labute approximate surface area is 98.0 Å². The van der Waals surface area contributed by atoms with Crippen LogP contribution in [0.1, 0.15) is 13.8 Å². The fourth-order valence-electron chi connectivity index (χ4n) is 1.90. The first kappa shape index (κ1) is 10.7. The topological polar surface area (TPSA) is 55.0 Å². The lowest BCUT2D eigenvalue weighted by Gasteiger charge is -2.18. The van der Waals surface area contributed by atoms with Crippen LogP contribution in [0.25, 0.3) is 0 Å². The molecule has 1 saturated heterocycles. The van der Waals surface area contributed by atoms with Crippen molar-refractivity contribution in [2.75, 3.05) is 23.7 Å². The molecule has 1 aromatic heterocycles. The molecule has 2 atom stereocenters. The first-order valence-electron chi connectivity index (χ1n) is 5.11. The van der Waals surface area contributed by atoms with Crippen molar-refractivity contribution in [3.8, 4) is 0 Å². The molecule has 2 unspecified atom stereocenters. The number of aromatic nitrogens is 2. The Morgan fingerprint density at radius 1 is 1.40 bits per heavy atom. The lowest BCUT2D eigenvalue weighted by molar-refractivity contribution is 0.494. The number of halogens is 1. The van der Waals surface area contributed by atoms with Crippen molar-refractivity contribution in [1.29, 1.82) is 0 Å². The van der Waals surface area contributed by atoms with Gasteiger partial charge < -0.3 is 10.6 Å².